The molecule has 0 rings (SSSR count). The number of hydrogen-bond acceptors (Lipinski definition) is 1. The van der Waals surface area contributed by atoms with Crippen LogP contribution in [0.3, 0.4) is 0 Å². The van der Waals surface area contributed by atoms with Crippen LogP contribution < -0.4 is 0 Å². The van der Waals surface area contributed by atoms with Crippen LogP contribution >= 0.6 is 7.26 Å². The summed E-state index contributed by atoms with van der Waals surface area (Å²) in [5.41, 5.74) is 0. The minimum absolute atomic E-state index is 0.994. The molecule has 1 nitrogen and oxygen atoms in total. The van der Waals surface area contributed by atoms with E-state index in [0.717, 1.165) is 0 Å². The summed E-state index contributed by atoms with van der Waals surface area (Å²) in [6.45, 7) is 19.1. The van der Waals surface area contributed by atoms with E-state index in [1.165, 1.54) is 24.3 Å². The molecule has 4 heteroatoms. The fraction of sp³-hybridized carbons (Fsp3) is 1.00. The van der Waals surface area contributed by atoms with Crippen LogP contribution in [-0.4, -0.2) is 40.9 Å². The van der Waals surface area contributed by atoms with E-state index >= 15 is 0 Å². The maximum absolute atomic E-state index is 6.50. The number of hydrogen-bond donors (Lipinski definition) is 0. The van der Waals surface area contributed by atoms with E-state index in [1.54, 1.807) is 0 Å². The standard InChI is InChI=1S/C12H33OPSi2/c1-9-14(10-2,11-3)12-16(7,8)13-15(4,5)6/h14H,9-12H2,1-8H3. The van der Waals surface area contributed by atoms with Gasteiger partial charge in [0.1, 0.15) is 0 Å². The third kappa shape index (κ3) is 5.95. The van der Waals surface area contributed by atoms with Crippen LogP contribution in [-0.2, 0) is 4.12 Å². The van der Waals surface area contributed by atoms with Crippen molar-refractivity contribution in [2.24, 2.45) is 0 Å². The van der Waals surface area contributed by atoms with Crippen molar-refractivity contribution in [3.05, 3.63) is 0 Å². The van der Waals surface area contributed by atoms with E-state index in [-0.39, 0.29) is 0 Å². The quantitative estimate of drug-likeness (QED) is 0.496. The second kappa shape index (κ2) is 6.13. The fourth-order valence-corrected chi connectivity index (χ4v) is 22.2. The van der Waals surface area contributed by atoms with E-state index in [4.69, 9.17) is 4.12 Å². The molecule has 100 valence electrons. The van der Waals surface area contributed by atoms with Gasteiger partial charge in [0, 0.05) is 0 Å². The summed E-state index contributed by atoms with van der Waals surface area (Å²) in [6, 6.07) is 0. The first-order valence-corrected chi connectivity index (χ1v) is 16.1. The molecule has 0 atom stereocenters. The Morgan fingerprint density at radius 1 is 0.812 bits per heavy atom. The SMILES string of the molecule is CC[PH](CC)(CC)C[Si](C)(C)O[Si](C)(C)C. The summed E-state index contributed by atoms with van der Waals surface area (Å²) < 4.78 is 6.50. The topological polar surface area (TPSA) is 9.23 Å². The summed E-state index contributed by atoms with van der Waals surface area (Å²) in [5, 5.41) is 0. The molecule has 0 saturated heterocycles. The van der Waals surface area contributed by atoms with Crippen molar-refractivity contribution in [2.75, 3.05) is 24.3 Å². The first-order valence-electron chi connectivity index (χ1n) is 6.80. The first-order chi connectivity index (χ1) is 7.10. The Balaban J connectivity index is 4.66. The predicted octanol–water partition coefficient (Wildman–Crippen LogP) is 4.39. The first kappa shape index (κ1) is 16.8. The van der Waals surface area contributed by atoms with Crippen molar-refractivity contribution >= 4 is 23.9 Å². The molecule has 0 spiro atoms. The van der Waals surface area contributed by atoms with Crippen molar-refractivity contribution in [1.82, 2.24) is 0 Å². The molecule has 0 N–H and O–H groups in total. The van der Waals surface area contributed by atoms with Gasteiger partial charge in [-0.1, -0.05) is 0 Å². The summed E-state index contributed by atoms with van der Waals surface area (Å²) in [6.07, 6.45) is 4.31. The predicted molar refractivity (Wildman–Crippen MR) is 86.7 cm³/mol. The zero-order chi connectivity index (χ0) is 13.0. The van der Waals surface area contributed by atoms with Crippen LogP contribution in [0.4, 0.5) is 0 Å². The van der Waals surface area contributed by atoms with Crippen LogP contribution in [0.1, 0.15) is 20.8 Å². The van der Waals surface area contributed by atoms with Crippen LogP contribution in [0.15, 0.2) is 0 Å². The van der Waals surface area contributed by atoms with Gasteiger partial charge in [0.25, 0.3) is 0 Å². The van der Waals surface area contributed by atoms with Crippen molar-refractivity contribution in [3.63, 3.8) is 0 Å². The molecule has 0 aliphatic heterocycles. The minimum atomic E-state index is -1.41. The third-order valence-corrected chi connectivity index (χ3v) is 19.2. The zero-order valence-electron chi connectivity index (χ0n) is 12.7. The molecule has 0 aromatic heterocycles. The molecule has 0 bridgehead atoms. The Morgan fingerprint density at radius 3 is 1.44 bits per heavy atom. The van der Waals surface area contributed by atoms with E-state index in [1.807, 2.05) is 0 Å². The second-order valence-electron chi connectivity index (χ2n) is 6.71. The zero-order valence-corrected chi connectivity index (χ0v) is 15.7. The molecular formula is C12H33OPSi2. The Labute approximate surface area is 106 Å². The van der Waals surface area contributed by atoms with Crippen molar-refractivity contribution in [3.8, 4) is 0 Å². The van der Waals surface area contributed by atoms with Crippen LogP contribution in [0.2, 0.25) is 32.7 Å². The molecular weight excluding hydrogens is 247 g/mol. The molecule has 16 heavy (non-hydrogen) atoms. The van der Waals surface area contributed by atoms with Gasteiger partial charge < -0.3 is 0 Å². The molecule has 0 aliphatic carbocycles. The third-order valence-electron chi connectivity index (χ3n) is 3.63. The molecule has 0 heterocycles. The van der Waals surface area contributed by atoms with Gasteiger partial charge in [0.2, 0.25) is 0 Å². The summed E-state index contributed by atoms with van der Waals surface area (Å²) >= 11 is 0. The molecule has 0 fully saturated rings. The molecule has 0 radical (unpaired) electrons. The molecule has 0 aromatic rings. The van der Waals surface area contributed by atoms with Gasteiger partial charge in [0.05, 0.1) is 0 Å². The van der Waals surface area contributed by atoms with Gasteiger partial charge in [-0.05, 0) is 0 Å². The van der Waals surface area contributed by atoms with Gasteiger partial charge >= 0.3 is 106 Å². The van der Waals surface area contributed by atoms with Crippen molar-refractivity contribution < 1.29 is 4.12 Å². The van der Waals surface area contributed by atoms with Gasteiger partial charge in [-0.2, -0.15) is 0 Å². The van der Waals surface area contributed by atoms with Crippen molar-refractivity contribution in [1.29, 1.82) is 0 Å². The summed E-state index contributed by atoms with van der Waals surface area (Å²) in [5.74, 6) is 1.47. The van der Waals surface area contributed by atoms with Crippen LogP contribution in [0.25, 0.3) is 0 Å². The Kier molecular flexibility index (Phi) is 6.44. The maximum atomic E-state index is 6.50. The Hall–Kier alpha value is 0.824. The molecule has 0 amide bonds. The Morgan fingerprint density at radius 2 is 1.19 bits per heavy atom. The fourth-order valence-electron chi connectivity index (χ4n) is 2.89. The number of rotatable bonds is 7. The van der Waals surface area contributed by atoms with Gasteiger partial charge in [-0.3, -0.25) is 0 Å². The summed E-state index contributed by atoms with van der Waals surface area (Å²) in [7, 11) is -3.75. The van der Waals surface area contributed by atoms with E-state index in [2.05, 4.69) is 53.5 Å². The average molecular weight is 281 g/mol. The van der Waals surface area contributed by atoms with Gasteiger partial charge in [0.15, 0.2) is 0 Å². The second-order valence-corrected chi connectivity index (χ2v) is 21.8. The molecule has 0 aliphatic rings. The molecule has 0 saturated carbocycles. The van der Waals surface area contributed by atoms with Crippen molar-refractivity contribution in [2.45, 2.75) is 53.5 Å². The van der Waals surface area contributed by atoms with E-state index < -0.39 is 23.9 Å². The van der Waals surface area contributed by atoms with Gasteiger partial charge in [-0.25, -0.2) is 0 Å². The summed E-state index contributed by atoms with van der Waals surface area (Å²) in [4.78, 5) is 0. The molecule has 0 unspecified atom stereocenters. The van der Waals surface area contributed by atoms with Crippen LogP contribution in [0, 0.1) is 0 Å². The normalized spacial score (nSPS) is 15.2. The molecule has 0 aromatic carbocycles. The van der Waals surface area contributed by atoms with Gasteiger partial charge in [-0.15, -0.1) is 0 Å². The van der Waals surface area contributed by atoms with Crippen LogP contribution in [0.5, 0.6) is 0 Å². The monoisotopic (exact) mass is 280 g/mol. The van der Waals surface area contributed by atoms with E-state index in [9.17, 15) is 0 Å². The van der Waals surface area contributed by atoms with E-state index in [0.29, 0.717) is 0 Å². The Bertz CT molecular complexity index is 199. The average Bonchev–Trinajstić information content (AvgIpc) is 2.10.